The first-order valence-electron chi connectivity index (χ1n) is 7.64. The van der Waals surface area contributed by atoms with Gasteiger partial charge in [-0.1, -0.05) is 41.9 Å². The van der Waals surface area contributed by atoms with E-state index in [-0.39, 0.29) is 16.9 Å². The maximum Gasteiger partial charge on any atom is 0.292 e. The lowest BCUT2D eigenvalue weighted by atomic mass is 10.1. The highest BCUT2D eigenvalue weighted by atomic mass is 35.5. The first-order chi connectivity index (χ1) is 12.5. The van der Waals surface area contributed by atoms with E-state index in [1.54, 1.807) is 18.2 Å². The van der Waals surface area contributed by atoms with Gasteiger partial charge in [-0.3, -0.25) is 14.9 Å². The maximum absolute atomic E-state index is 12.2. The topological polar surface area (TPSA) is 108 Å². The molecule has 2 N–H and O–H groups in total. The number of rotatable bonds is 7. The lowest BCUT2D eigenvalue weighted by molar-refractivity contribution is -0.383. The van der Waals surface area contributed by atoms with Crippen molar-refractivity contribution in [3.8, 4) is 6.07 Å². The van der Waals surface area contributed by atoms with Crippen molar-refractivity contribution in [2.75, 3.05) is 11.9 Å². The molecular formula is C18H15ClN4O3. The number of hydrogen-bond donors (Lipinski definition) is 2. The number of amides is 1. The van der Waals surface area contributed by atoms with Gasteiger partial charge in [0.15, 0.2) is 0 Å². The number of nitro groups is 1. The third kappa shape index (κ3) is 5.06. The van der Waals surface area contributed by atoms with Gasteiger partial charge in [-0.25, -0.2) is 0 Å². The van der Waals surface area contributed by atoms with Crippen molar-refractivity contribution in [2.45, 2.75) is 6.42 Å². The van der Waals surface area contributed by atoms with Gasteiger partial charge in [0.25, 0.3) is 11.6 Å². The van der Waals surface area contributed by atoms with Crippen LogP contribution < -0.4 is 10.6 Å². The number of nitrogens with zero attached hydrogens (tertiary/aromatic N) is 2. The fraction of sp³-hybridized carbons (Fsp3) is 0.111. The van der Waals surface area contributed by atoms with Crippen LogP contribution in [-0.2, 0) is 11.2 Å². The first kappa shape index (κ1) is 19.0. The van der Waals surface area contributed by atoms with E-state index in [0.717, 1.165) is 5.56 Å². The fourth-order valence-electron chi connectivity index (χ4n) is 2.16. The number of hydrogen-bond acceptors (Lipinski definition) is 5. The Morgan fingerprint density at radius 3 is 2.62 bits per heavy atom. The molecule has 1 amide bonds. The van der Waals surface area contributed by atoms with Crippen molar-refractivity contribution < 1.29 is 9.72 Å². The Kier molecular flexibility index (Phi) is 6.71. The van der Waals surface area contributed by atoms with E-state index in [2.05, 4.69) is 10.6 Å². The Labute approximate surface area is 155 Å². The van der Waals surface area contributed by atoms with Crippen LogP contribution in [0, 0.1) is 21.4 Å². The van der Waals surface area contributed by atoms with Crippen LogP contribution in [0.2, 0.25) is 5.02 Å². The normalized spacial score (nSPS) is 10.7. The lowest BCUT2D eigenvalue weighted by Gasteiger charge is -2.06. The van der Waals surface area contributed by atoms with Crippen molar-refractivity contribution in [1.29, 1.82) is 5.26 Å². The van der Waals surface area contributed by atoms with E-state index < -0.39 is 10.8 Å². The molecule has 2 aromatic carbocycles. The van der Waals surface area contributed by atoms with E-state index in [1.807, 2.05) is 18.2 Å². The van der Waals surface area contributed by atoms with Gasteiger partial charge in [0.1, 0.15) is 17.3 Å². The van der Waals surface area contributed by atoms with Crippen molar-refractivity contribution in [2.24, 2.45) is 0 Å². The zero-order chi connectivity index (χ0) is 18.9. The van der Waals surface area contributed by atoms with E-state index in [4.69, 9.17) is 16.9 Å². The number of carbonyl (C=O) groups is 1. The van der Waals surface area contributed by atoms with Crippen LogP contribution in [0.25, 0.3) is 0 Å². The van der Waals surface area contributed by atoms with E-state index >= 15 is 0 Å². The summed E-state index contributed by atoms with van der Waals surface area (Å²) >= 11 is 6.06. The molecule has 0 aliphatic rings. The summed E-state index contributed by atoms with van der Waals surface area (Å²) in [5.41, 5.74) is 0.532. The van der Waals surface area contributed by atoms with Crippen molar-refractivity contribution >= 4 is 28.9 Å². The predicted molar refractivity (Wildman–Crippen MR) is 98.6 cm³/mol. The molecule has 2 aromatic rings. The highest BCUT2D eigenvalue weighted by molar-refractivity contribution is 6.31. The number of anilines is 1. The average Bonchev–Trinajstić information content (AvgIpc) is 2.63. The van der Waals surface area contributed by atoms with Crippen LogP contribution in [0.4, 0.5) is 11.4 Å². The third-order valence-electron chi connectivity index (χ3n) is 3.46. The van der Waals surface area contributed by atoms with Gasteiger partial charge in [0.05, 0.1) is 4.92 Å². The van der Waals surface area contributed by atoms with Crippen molar-refractivity contribution in [1.82, 2.24) is 5.32 Å². The molecule has 7 nitrogen and oxygen atoms in total. The maximum atomic E-state index is 12.2. The highest BCUT2D eigenvalue weighted by Crippen LogP contribution is 2.23. The van der Waals surface area contributed by atoms with Crippen LogP contribution in [0.5, 0.6) is 0 Å². The number of nitrogens with one attached hydrogen (secondary N) is 2. The number of para-hydroxylation sites is 2. The van der Waals surface area contributed by atoms with E-state index in [0.29, 0.717) is 18.0 Å². The van der Waals surface area contributed by atoms with E-state index in [1.165, 1.54) is 24.4 Å². The van der Waals surface area contributed by atoms with Gasteiger partial charge in [-0.2, -0.15) is 5.26 Å². The second-order valence-electron chi connectivity index (χ2n) is 5.19. The summed E-state index contributed by atoms with van der Waals surface area (Å²) in [7, 11) is 0. The lowest BCUT2D eigenvalue weighted by Crippen LogP contribution is -2.18. The summed E-state index contributed by atoms with van der Waals surface area (Å²) in [4.78, 5) is 22.5. The molecule has 0 fully saturated rings. The fourth-order valence-corrected chi connectivity index (χ4v) is 2.39. The largest absolute Gasteiger partial charge is 0.389 e. The third-order valence-corrected chi connectivity index (χ3v) is 3.83. The predicted octanol–water partition coefficient (Wildman–Crippen LogP) is 3.43. The Bertz CT molecular complexity index is 890. The molecule has 8 heteroatoms. The molecule has 26 heavy (non-hydrogen) atoms. The molecule has 0 bridgehead atoms. The van der Waals surface area contributed by atoms with Crippen molar-refractivity contribution in [3.05, 3.63) is 81.0 Å². The average molecular weight is 371 g/mol. The molecule has 0 aliphatic carbocycles. The number of benzene rings is 2. The minimum absolute atomic E-state index is 0.0275. The molecule has 132 valence electrons. The van der Waals surface area contributed by atoms with Gasteiger partial charge in [-0.05, 0) is 24.1 Å². The quantitative estimate of drug-likeness (QED) is 0.255. The second kappa shape index (κ2) is 9.20. The number of carbonyl (C=O) groups excluding carboxylic acids is 1. The van der Waals surface area contributed by atoms with Gasteiger partial charge in [0, 0.05) is 23.8 Å². The Balaban J connectivity index is 1.98. The van der Waals surface area contributed by atoms with E-state index in [9.17, 15) is 14.9 Å². The van der Waals surface area contributed by atoms with Crippen LogP contribution in [0.15, 0.2) is 60.3 Å². The molecule has 0 aliphatic heterocycles. The summed E-state index contributed by atoms with van der Waals surface area (Å²) in [6.45, 7) is 0.466. The molecule has 0 spiro atoms. The summed E-state index contributed by atoms with van der Waals surface area (Å²) in [5, 5.41) is 26.0. The highest BCUT2D eigenvalue weighted by Gasteiger charge is 2.17. The first-order valence-corrected chi connectivity index (χ1v) is 8.02. The molecular weight excluding hydrogens is 356 g/mol. The Morgan fingerprint density at radius 2 is 1.92 bits per heavy atom. The molecule has 0 saturated carbocycles. The van der Waals surface area contributed by atoms with Gasteiger partial charge in [-0.15, -0.1) is 0 Å². The molecule has 0 atom stereocenters. The van der Waals surface area contributed by atoms with Gasteiger partial charge >= 0.3 is 0 Å². The minimum Gasteiger partial charge on any atom is -0.389 e. The monoisotopic (exact) mass is 370 g/mol. The molecule has 0 radical (unpaired) electrons. The molecule has 2 rings (SSSR count). The SMILES string of the molecule is N#C/C(=C/NCCc1ccccc1Cl)C(=O)Nc1ccccc1[N+](=O)[O-]. The van der Waals surface area contributed by atoms with Crippen LogP contribution in [0.1, 0.15) is 5.56 Å². The molecule has 0 heterocycles. The number of nitriles is 1. The molecule has 0 unspecified atom stereocenters. The van der Waals surface area contributed by atoms with Gasteiger partial charge in [0.2, 0.25) is 0 Å². The Hall–Kier alpha value is -3.37. The minimum atomic E-state index is -0.730. The zero-order valence-electron chi connectivity index (χ0n) is 13.6. The summed E-state index contributed by atoms with van der Waals surface area (Å²) in [6.07, 6.45) is 1.89. The van der Waals surface area contributed by atoms with Crippen LogP contribution in [0.3, 0.4) is 0 Å². The standard InChI is InChI=1S/C18H15ClN4O3/c19-15-6-2-1-5-13(15)9-10-21-12-14(11-20)18(24)22-16-7-3-4-8-17(16)23(25)26/h1-8,12,21H,9-10H2,(H,22,24)/b14-12-. The zero-order valence-corrected chi connectivity index (χ0v) is 14.4. The van der Waals surface area contributed by atoms with Crippen LogP contribution in [-0.4, -0.2) is 17.4 Å². The van der Waals surface area contributed by atoms with Crippen molar-refractivity contribution in [3.63, 3.8) is 0 Å². The smallest absolute Gasteiger partial charge is 0.292 e. The number of halogens is 1. The molecule has 0 aromatic heterocycles. The van der Waals surface area contributed by atoms with Crippen LogP contribution >= 0.6 is 11.6 Å². The Morgan fingerprint density at radius 1 is 1.23 bits per heavy atom. The summed E-state index contributed by atoms with van der Waals surface area (Å²) in [5.74, 6) is -0.730. The second-order valence-corrected chi connectivity index (χ2v) is 5.60. The number of nitro benzene ring substituents is 1. The molecule has 0 saturated heterocycles. The summed E-state index contributed by atoms with van der Waals surface area (Å²) < 4.78 is 0. The van der Waals surface area contributed by atoms with Gasteiger partial charge < -0.3 is 10.6 Å². The summed E-state index contributed by atoms with van der Waals surface area (Å²) in [6, 6.07) is 14.9.